The van der Waals surface area contributed by atoms with Gasteiger partial charge >= 0.3 is 5.97 Å². The number of ether oxygens (including phenoxy) is 2. The molecule has 0 fully saturated rings. The summed E-state index contributed by atoms with van der Waals surface area (Å²) in [5.74, 6) is -0.906. The van der Waals surface area contributed by atoms with Gasteiger partial charge in [-0.1, -0.05) is 23.7 Å². The van der Waals surface area contributed by atoms with E-state index in [2.05, 4.69) is 5.32 Å². The zero-order valence-electron chi connectivity index (χ0n) is 18.2. The third-order valence-corrected chi connectivity index (χ3v) is 6.75. The number of carbonyl (C=O) groups is 2. The van der Waals surface area contributed by atoms with E-state index in [1.807, 2.05) is 31.2 Å². The van der Waals surface area contributed by atoms with Crippen LogP contribution in [0.1, 0.15) is 12.5 Å². The van der Waals surface area contributed by atoms with Crippen molar-refractivity contribution in [2.75, 3.05) is 33.9 Å². The topological polar surface area (TPSA) is 102 Å². The first kappa shape index (κ1) is 25.6. The average molecular weight is 483 g/mol. The largest absolute Gasteiger partial charge is 0.494 e. The van der Waals surface area contributed by atoms with Crippen LogP contribution in [-0.2, 0) is 30.8 Å². The Balaban J connectivity index is 1.97. The van der Waals surface area contributed by atoms with Crippen LogP contribution >= 0.6 is 11.6 Å². The quantitative estimate of drug-likeness (QED) is 0.494. The van der Waals surface area contributed by atoms with Crippen molar-refractivity contribution in [3.05, 3.63) is 59.1 Å². The molecular weight excluding hydrogens is 456 g/mol. The summed E-state index contributed by atoms with van der Waals surface area (Å²) in [6.07, 6.45) is 0.346. The monoisotopic (exact) mass is 482 g/mol. The molecule has 0 aliphatic carbocycles. The smallest absolute Gasteiger partial charge is 0.310 e. The Hall–Kier alpha value is -2.62. The van der Waals surface area contributed by atoms with Gasteiger partial charge in [0.05, 0.1) is 31.1 Å². The number of nitrogens with zero attached hydrogens (tertiary/aromatic N) is 1. The number of esters is 1. The Morgan fingerprint density at radius 2 is 1.72 bits per heavy atom. The second-order valence-electron chi connectivity index (χ2n) is 7.02. The molecule has 2 aromatic rings. The van der Waals surface area contributed by atoms with Gasteiger partial charge in [-0.2, -0.15) is 4.31 Å². The Morgan fingerprint density at radius 1 is 1.09 bits per heavy atom. The molecule has 0 aliphatic rings. The van der Waals surface area contributed by atoms with E-state index >= 15 is 0 Å². The van der Waals surface area contributed by atoms with E-state index in [-0.39, 0.29) is 11.4 Å². The Bertz CT molecular complexity index is 1010. The standard InChI is InChI=1S/C22H27ClN2O6S/c1-4-31-19-9-5-16(6-10-19)13-17(22(27)30-3)14-24-21(26)15-25(2)32(28,29)20-11-7-18(23)8-12-20/h5-12,17H,4,13-15H2,1-3H3,(H,24,26)/t17-/m1/s1. The van der Waals surface area contributed by atoms with Crippen LogP contribution in [0.5, 0.6) is 5.75 Å². The van der Waals surface area contributed by atoms with Crippen molar-refractivity contribution in [2.45, 2.75) is 18.2 Å². The third-order valence-electron chi connectivity index (χ3n) is 4.68. The fraction of sp³-hybridized carbons (Fsp3) is 0.364. The van der Waals surface area contributed by atoms with Crippen molar-refractivity contribution in [1.29, 1.82) is 0 Å². The molecule has 0 spiro atoms. The number of sulfonamides is 1. The summed E-state index contributed by atoms with van der Waals surface area (Å²) in [5.41, 5.74) is 0.875. The Labute approximate surface area is 193 Å². The maximum atomic E-state index is 12.6. The molecule has 174 valence electrons. The number of benzene rings is 2. The molecule has 0 heterocycles. The van der Waals surface area contributed by atoms with Gasteiger partial charge in [-0.25, -0.2) is 8.42 Å². The van der Waals surface area contributed by atoms with Crippen molar-refractivity contribution in [2.24, 2.45) is 5.92 Å². The number of methoxy groups -OCH3 is 1. The molecule has 10 heteroatoms. The molecule has 1 amide bonds. The maximum absolute atomic E-state index is 12.6. The summed E-state index contributed by atoms with van der Waals surface area (Å²) >= 11 is 5.80. The van der Waals surface area contributed by atoms with E-state index < -0.39 is 34.4 Å². The van der Waals surface area contributed by atoms with Gasteiger partial charge in [-0.3, -0.25) is 9.59 Å². The third kappa shape index (κ3) is 7.22. The van der Waals surface area contributed by atoms with Crippen LogP contribution < -0.4 is 10.1 Å². The summed E-state index contributed by atoms with van der Waals surface area (Å²) in [5, 5.41) is 3.03. The van der Waals surface area contributed by atoms with Gasteiger partial charge in [0.15, 0.2) is 0 Å². The van der Waals surface area contributed by atoms with Crippen LogP contribution in [0.3, 0.4) is 0 Å². The lowest BCUT2D eigenvalue weighted by Crippen LogP contribution is -2.41. The molecule has 0 radical (unpaired) electrons. The highest BCUT2D eigenvalue weighted by atomic mass is 35.5. The van der Waals surface area contributed by atoms with Crippen LogP contribution in [0.4, 0.5) is 0 Å². The summed E-state index contributed by atoms with van der Waals surface area (Å²) in [4.78, 5) is 24.6. The number of rotatable bonds is 11. The van der Waals surface area contributed by atoms with Crippen LogP contribution in [0.15, 0.2) is 53.4 Å². The molecule has 0 saturated heterocycles. The highest BCUT2D eigenvalue weighted by Crippen LogP contribution is 2.18. The molecule has 8 nitrogen and oxygen atoms in total. The summed E-state index contributed by atoms with van der Waals surface area (Å²) in [6, 6.07) is 13.0. The van der Waals surface area contributed by atoms with E-state index in [0.29, 0.717) is 18.1 Å². The van der Waals surface area contributed by atoms with Gasteiger partial charge in [-0.15, -0.1) is 0 Å². The molecule has 0 saturated carbocycles. The van der Waals surface area contributed by atoms with Gasteiger partial charge in [0, 0.05) is 18.6 Å². The molecule has 2 rings (SSSR count). The van der Waals surface area contributed by atoms with Crippen LogP contribution in [-0.4, -0.2) is 58.5 Å². The first-order valence-corrected chi connectivity index (χ1v) is 11.8. The minimum Gasteiger partial charge on any atom is -0.494 e. The van der Waals surface area contributed by atoms with Crippen LogP contribution in [0, 0.1) is 5.92 Å². The van der Waals surface area contributed by atoms with E-state index in [1.54, 1.807) is 0 Å². The second kappa shape index (κ2) is 11.8. The van der Waals surface area contributed by atoms with Crippen LogP contribution in [0.25, 0.3) is 0 Å². The van der Waals surface area contributed by atoms with Crippen molar-refractivity contribution < 1.29 is 27.5 Å². The second-order valence-corrected chi connectivity index (χ2v) is 9.50. The molecule has 2 aromatic carbocycles. The number of amides is 1. The van der Waals surface area contributed by atoms with Gasteiger partial charge in [0.2, 0.25) is 15.9 Å². The lowest BCUT2D eigenvalue weighted by Gasteiger charge is -2.19. The molecule has 0 bridgehead atoms. The van der Waals surface area contributed by atoms with Gasteiger partial charge in [0.1, 0.15) is 5.75 Å². The molecule has 32 heavy (non-hydrogen) atoms. The Morgan fingerprint density at radius 3 is 2.28 bits per heavy atom. The summed E-state index contributed by atoms with van der Waals surface area (Å²) in [7, 11) is -1.27. The van der Waals surface area contributed by atoms with E-state index in [4.69, 9.17) is 21.1 Å². The lowest BCUT2D eigenvalue weighted by molar-refractivity contribution is -0.145. The molecular formula is C22H27ClN2O6S. The number of carbonyl (C=O) groups excluding carboxylic acids is 2. The normalized spacial score (nSPS) is 12.3. The SMILES string of the molecule is CCOc1ccc(C[C@H](CNC(=O)CN(C)S(=O)(=O)c2ccc(Cl)cc2)C(=O)OC)cc1. The number of likely N-dealkylation sites (N-methyl/N-ethyl adjacent to an activating group) is 1. The van der Waals surface area contributed by atoms with Gasteiger partial charge < -0.3 is 14.8 Å². The van der Waals surface area contributed by atoms with E-state index in [1.165, 1.54) is 38.4 Å². The average Bonchev–Trinajstić information content (AvgIpc) is 2.77. The number of hydrogen-bond donors (Lipinski definition) is 1. The summed E-state index contributed by atoms with van der Waals surface area (Å²) < 4.78 is 36.4. The van der Waals surface area contributed by atoms with Crippen molar-refractivity contribution >= 4 is 33.5 Å². The first-order valence-electron chi connectivity index (χ1n) is 9.95. The predicted octanol–water partition coefficient (Wildman–Crippen LogP) is 2.51. The molecule has 1 N–H and O–H groups in total. The zero-order chi connectivity index (χ0) is 23.7. The van der Waals surface area contributed by atoms with Gasteiger partial charge in [0.25, 0.3) is 0 Å². The van der Waals surface area contributed by atoms with E-state index in [0.717, 1.165) is 15.6 Å². The highest BCUT2D eigenvalue weighted by molar-refractivity contribution is 7.89. The van der Waals surface area contributed by atoms with Crippen molar-refractivity contribution in [3.63, 3.8) is 0 Å². The number of hydrogen-bond acceptors (Lipinski definition) is 6. The Kier molecular flexibility index (Phi) is 9.49. The number of halogens is 1. The van der Waals surface area contributed by atoms with E-state index in [9.17, 15) is 18.0 Å². The number of nitrogens with one attached hydrogen (secondary N) is 1. The molecule has 0 aliphatic heterocycles. The fourth-order valence-electron chi connectivity index (χ4n) is 2.95. The lowest BCUT2D eigenvalue weighted by atomic mass is 9.99. The van der Waals surface area contributed by atoms with Crippen molar-refractivity contribution in [3.8, 4) is 5.75 Å². The minimum atomic E-state index is -3.86. The van der Waals surface area contributed by atoms with Crippen LogP contribution in [0.2, 0.25) is 5.02 Å². The zero-order valence-corrected chi connectivity index (χ0v) is 19.8. The minimum absolute atomic E-state index is 0.00749. The highest BCUT2D eigenvalue weighted by Gasteiger charge is 2.25. The maximum Gasteiger partial charge on any atom is 0.310 e. The first-order chi connectivity index (χ1) is 15.2. The van der Waals surface area contributed by atoms with Crippen molar-refractivity contribution in [1.82, 2.24) is 9.62 Å². The molecule has 0 aromatic heterocycles. The summed E-state index contributed by atoms with van der Waals surface area (Å²) in [6.45, 7) is 2.05. The van der Waals surface area contributed by atoms with Gasteiger partial charge in [-0.05, 0) is 55.3 Å². The predicted molar refractivity (Wildman–Crippen MR) is 121 cm³/mol. The molecule has 0 unspecified atom stereocenters. The fourth-order valence-corrected chi connectivity index (χ4v) is 4.20. The molecule has 1 atom stereocenters.